The van der Waals surface area contributed by atoms with E-state index in [-0.39, 0.29) is 6.10 Å². The third-order valence-corrected chi connectivity index (χ3v) is 3.07. The standard InChI is InChI=1S/C16H19NO2/c1-12-6-3-4-9-15(12)16(11-17)19-14-8-5-7-13(10-14)18-2/h3-10,16H,11,17H2,1-2H3. The summed E-state index contributed by atoms with van der Waals surface area (Å²) in [6, 6.07) is 15.7. The fourth-order valence-corrected chi connectivity index (χ4v) is 2.03. The second kappa shape index (κ2) is 6.25. The van der Waals surface area contributed by atoms with Crippen LogP contribution in [0, 0.1) is 6.92 Å². The summed E-state index contributed by atoms with van der Waals surface area (Å²) in [7, 11) is 1.64. The highest BCUT2D eigenvalue weighted by Gasteiger charge is 2.13. The number of rotatable bonds is 5. The zero-order valence-electron chi connectivity index (χ0n) is 11.3. The molecule has 3 heteroatoms. The van der Waals surface area contributed by atoms with E-state index in [0.29, 0.717) is 6.54 Å². The molecule has 3 nitrogen and oxygen atoms in total. The third-order valence-electron chi connectivity index (χ3n) is 3.07. The monoisotopic (exact) mass is 257 g/mol. The van der Waals surface area contributed by atoms with Crippen molar-refractivity contribution in [2.24, 2.45) is 5.73 Å². The summed E-state index contributed by atoms with van der Waals surface area (Å²) in [5.74, 6) is 1.54. The fraction of sp³-hybridized carbons (Fsp3) is 0.250. The van der Waals surface area contributed by atoms with E-state index < -0.39 is 0 Å². The Kier molecular flexibility index (Phi) is 4.42. The van der Waals surface area contributed by atoms with Gasteiger partial charge in [0.25, 0.3) is 0 Å². The minimum Gasteiger partial charge on any atom is -0.497 e. The predicted molar refractivity (Wildman–Crippen MR) is 76.6 cm³/mol. The van der Waals surface area contributed by atoms with Crippen LogP contribution in [0.5, 0.6) is 11.5 Å². The maximum absolute atomic E-state index is 5.97. The van der Waals surface area contributed by atoms with Crippen molar-refractivity contribution in [3.63, 3.8) is 0 Å². The number of hydrogen-bond donors (Lipinski definition) is 1. The molecule has 0 aliphatic heterocycles. The van der Waals surface area contributed by atoms with Crippen LogP contribution in [0.4, 0.5) is 0 Å². The first-order valence-electron chi connectivity index (χ1n) is 6.31. The van der Waals surface area contributed by atoms with Crippen LogP contribution in [0.3, 0.4) is 0 Å². The van der Waals surface area contributed by atoms with Gasteiger partial charge in [-0.1, -0.05) is 30.3 Å². The highest BCUT2D eigenvalue weighted by Crippen LogP contribution is 2.26. The number of aryl methyl sites for hydroxylation is 1. The second-order valence-electron chi connectivity index (χ2n) is 4.38. The smallest absolute Gasteiger partial charge is 0.136 e. The summed E-state index contributed by atoms with van der Waals surface area (Å²) in [6.45, 7) is 2.50. The molecule has 0 fully saturated rings. The van der Waals surface area contributed by atoms with Crippen LogP contribution >= 0.6 is 0 Å². The van der Waals surface area contributed by atoms with Gasteiger partial charge in [-0.2, -0.15) is 0 Å². The fourth-order valence-electron chi connectivity index (χ4n) is 2.03. The Bertz CT molecular complexity index is 540. The van der Waals surface area contributed by atoms with Gasteiger partial charge in [-0.3, -0.25) is 0 Å². The van der Waals surface area contributed by atoms with Crippen molar-refractivity contribution in [1.82, 2.24) is 0 Å². The van der Waals surface area contributed by atoms with Gasteiger partial charge in [0.2, 0.25) is 0 Å². The molecule has 0 heterocycles. The first-order chi connectivity index (χ1) is 9.24. The van der Waals surface area contributed by atoms with Crippen molar-refractivity contribution in [2.45, 2.75) is 13.0 Å². The molecule has 0 amide bonds. The Morgan fingerprint density at radius 1 is 1.05 bits per heavy atom. The van der Waals surface area contributed by atoms with E-state index in [9.17, 15) is 0 Å². The van der Waals surface area contributed by atoms with E-state index in [1.165, 1.54) is 5.56 Å². The predicted octanol–water partition coefficient (Wildman–Crippen LogP) is 3.08. The molecular weight excluding hydrogens is 238 g/mol. The zero-order valence-corrected chi connectivity index (χ0v) is 11.3. The van der Waals surface area contributed by atoms with Crippen molar-refractivity contribution in [1.29, 1.82) is 0 Å². The maximum atomic E-state index is 5.97. The quantitative estimate of drug-likeness (QED) is 0.895. The number of hydrogen-bond acceptors (Lipinski definition) is 3. The Morgan fingerprint density at radius 2 is 1.79 bits per heavy atom. The molecule has 100 valence electrons. The van der Waals surface area contributed by atoms with Crippen LogP contribution < -0.4 is 15.2 Å². The zero-order chi connectivity index (χ0) is 13.7. The van der Waals surface area contributed by atoms with Crippen molar-refractivity contribution in [3.8, 4) is 11.5 Å². The highest BCUT2D eigenvalue weighted by atomic mass is 16.5. The molecule has 2 aromatic rings. The Hall–Kier alpha value is -2.00. The molecular formula is C16H19NO2. The van der Waals surface area contributed by atoms with Gasteiger partial charge in [-0.25, -0.2) is 0 Å². The van der Waals surface area contributed by atoms with E-state index in [1.807, 2.05) is 42.5 Å². The summed E-state index contributed by atoms with van der Waals surface area (Å²) in [5.41, 5.74) is 8.14. The van der Waals surface area contributed by atoms with Crippen LogP contribution in [0.2, 0.25) is 0 Å². The first kappa shape index (κ1) is 13.4. The number of nitrogens with two attached hydrogens (primary N) is 1. The van der Waals surface area contributed by atoms with Gasteiger partial charge in [0.05, 0.1) is 7.11 Å². The molecule has 0 radical (unpaired) electrons. The normalized spacial score (nSPS) is 11.9. The lowest BCUT2D eigenvalue weighted by Gasteiger charge is -2.20. The van der Waals surface area contributed by atoms with Crippen molar-refractivity contribution in [2.75, 3.05) is 13.7 Å². The molecule has 2 N–H and O–H groups in total. The molecule has 1 unspecified atom stereocenters. The highest BCUT2D eigenvalue weighted by molar-refractivity contribution is 5.34. The molecule has 2 aromatic carbocycles. The molecule has 0 aliphatic carbocycles. The molecule has 0 saturated carbocycles. The van der Waals surface area contributed by atoms with E-state index >= 15 is 0 Å². The summed E-state index contributed by atoms with van der Waals surface area (Å²) in [5, 5.41) is 0. The Balaban J connectivity index is 2.21. The molecule has 19 heavy (non-hydrogen) atoms. The number of ether oxygens (including phenoxy) is 2. The van der Waals surface area contributed by atoms with Gasteiger partial charge in [-0.05, 0) is 30.2 Å². The summed E-state index contributed by atoms with van der Waals surface area (Å²) >= 11 is 0. The lowest BCUT2D eigenvalue weighted by Crippen LogP contribution is -2.19. The average Bonchev–Trinajstić information content (AvgIpc) is 2.46. The SMILES string of the molecule is COc1cccc(OC(CN)c2ccccc2C)c1. The summed E-state index contributed by atoms with van der Waals surface area (Å²) < 4.78 is 11.2. The molecule has 0 spiro atoms. The van der Waals surface area contributed by atoms with E-state index in [4.69, 9.17) is 15.2 Å². The minimum atomic E-state index is -0.145. The largest absolute Gasteiger partial charge is 0.497 e. The number of methoxy groups -OCH3 is 1. The van der Waals surface area contributed by atoms with Crippen LogP contribution in [-0.4, -0.2) is 13.7 Å². The van der Waals surface area contributed by atoms with Crippen molar-refractivity contribution < 1.29 is 9.47 Å². The average molecular weight is 257 g/mol. The van der Waals surface area contributed by atoms with Gasteiger partial charge in [0.15, 0.2) is 0 Å². The lowest BCUT2D eigenvalue weighted by molar-refractivity contribution is 0.212. The molecule has 0 saturated heterocycles. The van der Waals surface area contributed by atoms with E-state index in [2.05, 4.69) is 13.0 Å². The van der Waals surface area contributed by atoms with Crippen LogP contribution in [-0.2, 0) is 0 Å². The van der Waals surface area contributed by atoms with Crippen molar-refractivity contribution in [3.05, 3.63) is 59.7 Å². The van der Waals surface area contributed by atoms with E-state index in [1.54, 1.807) is 7.11 Å². The van der Waals surface area contributed by atoms with Crippen LogP contribution in [0.1, 0.15) is 17.2 Å². The third kappa shape index (κ3) is 3.26. The summed E-state index contributed by atoms with van der Waals surface area (Å²) in [6.07, 6.45) is -0.145. The van der Waals surface area contributed by atoms with Gasteiger partial charge in [-0.15, -0.1) is 0 Å². The topological polar surface area (TPSA) is 44.5 Å². The Labute approximate surface area is 114 Å². The number of benzene rings is 2. The van der Waals surface area contributed by atoms with Crippen molar-refractivity contribution >= 4 is 0 Å². The molecule has 1 atom stereocenters. The molecule has 0 aromatic heterocycles. The van der Waals surface area contributed by atoms with Gasteiger partial charge in [0.1, 0.15) is 17.6 Å². The summed E-state index contributed by atoms with van der Waals surface area (Å²) in [4.78, 5) is 0. The molecule has 0 bridgehead atoms. The first-order valence-corrected chi connectivity index (χ1v) is 6.31. The lowest BCUT2D eigenvalue weighted by atomic mass is 10.0. The van der Waals surface area contributed by atoms with Gasteiger partial charge < -0.3 is 15.2 Å². The van der Waals surface area contributed by atoms with Crippen LogP contribution in [0.15, 0.2) is 48.5 Å². The Morgan fingerprint density at radius 3 is 2.47 bits per heavy atom. The van der Waals surface area contributed by atoms with E-state index in [0.717, 1.165) is 17.1 Å². The van der Waals surface area contributed by atoms with Gasteiger partial charge in [0, 0.05) is 12.6 Å². The molecule has 2 rings (SSSR count). The van der Waals surface area contributed by atoms with Crippen LogP contribution in [0.25, 0.3) is 0 Å². The maximum Gasteiger partial charge on any atom is 0.136 e. The van der Waals surface area contributed by atoms with Gasteiger partial charge >= 0.3 is 0 Å². The minimum absolute atomic E-state index is 0.145. The molecule has 0 aliphatic rings. The second-order valence-corrected chi connectivity index (χ2v) is 4.38.